The lowest BCUT2D eigenvalue weighted by molar-refractivity contribution is 0.112. The first kappa shape index (κ1) is 12.3. The Bertz CT molecular complexity index is 564. The van der Waals surface area contributed by atoms with Gasteiger partial charge in [-0.25, -0.2) is 4.39 Å². The van der Waals surface area contributed by atoms with E-state index in [1.165, 1.54) is 12.1 Å². The number of halogens is 1. The molecule has 92 valence electrons. The fourth-order valence-corrected chi connectivity index (χ4v) is 1.81. The Kier molecular flexibility index (Phi) is 3.72. The van der Waals surface area contributed by atoms with E-state index in [0.717, 1.165) is 11.3 Å². The Morgan fingerprint density at radius 3 is 2.78 bits per heavy atom. The molecule has 0 aliphatic heterocycles. The number of hydrogen-bond acceptors (Lipinski definition) is 2. The Morgan fingerprint density at radius 1 is 1.22 bits per heavy atom. The zero-order valence-corrected chi connectivity index (χ0v) is 10.0. The van der Waals surface area contributed by atoms with Crippen molar-refractivity contribution in [1.29, 1.82) is 0 Å². The van der Waals surface area contributed by atoms with Crippen LogP contribution in [0.15, 0.2) is 42.5 Å². The van der Waals surface area contributed by atoms with Gasteiger partial charge in [0, 0.05) is 5.56 Å². The van der Waals surface area contributed by atoms with Crippen molar-refractivity contribution in [3.63, 3.8) is 0 Å². The summed E-state index contributed by atoms with van der Waals surface area (Å²) in [5.74, 6) is 0.318. The van der Waals surface area contributed by atoms with Gasteiger partial charge in [-0.1, -0.05) is 18.2 Å². The Labute approximate surface area is 105 Å². The third-order valence-corrected chi connectivity index (χ3v) is 2.60. The van der Waals surface area contributed by atoms with Crippen molar-refractivity contribution in [1.82, 2.24) is 0 Å². The van der Waals surface area contributed by atoms with Gasteiger partial charge in [0.05, 0.1) is 6.61 Å². The number of aldehydes is 1. The van der Waals surface area contributed by atoms with Crippen molar-refractivity contribution in [3.8, 4) is 16.9 Å². The highest BCUT2D eigenvalue weighted by Gasteiger charge is 2.06. The molecule has 0 saturated heterocycles. The quantitative estimate of drug-likeness (QED) is 0.766. The van der Waals surface area contributed by atoms with E-state index in [1.807, 2.05) is 31.2 Å². The number of hydrogen-bond donors (Lipinski definition) is 0. The Morgan fingerprint density at radius 2 is 2.06 bits per heavy atom. The highest BCUT2D eigenvalue weighted by atomic mass is 19.1. The number of ether oxygens (including phenoxy) is 1. The second kappa shape index (κ2) is 5.45. The molecule has 0 fully saturated rings. The highest BCUT2D eigenvalue weighted by Crippen LogP contribution is 2.26. The van der Waals surface area contributed by atoms with Gasteiger partial charge >= 0.3 is 0 Å². The van der Waals surface area contributed by atoms with Crippen molar-refractivity contribution in [2.75, 3.05) is 6.61 Å². The second-order valence-electron chi connectivity index (χ2n) is 3.81. The number of rotatable bonds is 4. The first-order chi connectivity index (χ1) is 8.74. The van der Waals surface area contributed by atoms with Crippen LogP contribution in [0.4, 0.5) is 4.39 Å². The van der Waals surface area contributed by atoms with E-state index in [1.54, 1.807) is 6.07 Å². The fourth-order valence-electron chi connectivity index (χ4n) is 1.81. The molecule has 0 saturated carbocycles. The van der Waals surface area contributed by atoms with E-state index in [2.05, 4.69) is 0 Å². The van der Waals surface area contributed by atoms with Gasteiger partial charge < -0.3 is 4.74 Å². The van der Waals surface area contributed by atoms with E-state index in [0.29, 0.717) is 24.0 Å². The standard InChI is InChI=1S/C15H13FO2/c1-2-18-14-5-3-4-11(9-14)15-7-6-13(16)8-12(15)10-17/h3-10H,2H2,1H3. The topological polar surface area (TPSA) is 26.3 Å². The average molecular weight is 244 g/mol. The molecule has 2 aromatic carbocycles. The molecule has 0 aromatic heterocycles. The summed E-state index contributed by atoms with van der Waals surface area (Å²) in [7, 11) is 0. The molecule has 0 amide bonds. The normalized spacial score (nSPS) is 10.1. The molecule has 0 heterocycles. The van der Waals surface area contributed by atoms with Crippen molar-refractivity contribution in [3.05, 3.63) is 53.8 Å². The van der Waals surface area contributed by atoms with Crippen LogP contribution in [-0.4, -0.2) is 12.9 Å². The van der Waals surface area contributed by atoms with Crippen molar-refractivity contribution in [2.45, 2.75) is 6.92 Å². The van der Waals surface area contributed by atoms with Crippen LogP contribution >= 0.6 is 0 Å². The van der Waals surface area contributed by atoms with Gasteiger partial charge in [0.1, 0.15) is 11.6 Å². The van der Waals surface area contributed by atoms with Crippen molar-refractivity contribution >= 4 is 6.29 Å². The molecule has 0 aliphatic rings. The van der Waals surface area contributed by atoms with Gasteiger partial charge in [-0.3, -0.25) is 4.79 Å². The third kappa shape index (κ3) is 2.56. The second-order valence-corrected chi connectivity index (χ2v) is 3.81. The summed E-state index contributed by atoms with van der Waals surface area (Å²) in [5, 5.41) is 0. The van der Waals surface area contributed by atoms with Gasteiger partial charge in [-0.2, -0.15) is 0 Å². The maximum Gasteiger partial charge on any atom is 0.150 e. The zero-order chi connectivity index (χ0) is 13.0. The number of benzene rings is 2. The van der Waals surface area contributed by atoms with Crippen LogP contribution in [0, 0.1) is 5.82 Å². The molecule has 2 nitrogen and oxygen atoms in total. The molecule has 2 rings (SSSR count). The molecule has 2 aromatic rings. The molecule has 0 atom stereocenters. The molecular formula is C15H13FO2. The van der Waals surface area contributed by atoms with Gasteiger partial charge in [0.15, 0.2) is 6.29 Å². The predicted molar refractivity (Wildman–Crippen MR) is 68.4 cm³/mol. The molecule has 3 heteroatoms. The maximum atomic E-state index is 13.1. The summed E-state index contributed by atoms with van der Waals surface area (Å²) >= 11 is 0. The molecule has 0 spiro atoms. The Balaban J connectivity index is 2.47. The van der Waals surface area contributed by atoms with Gasteiger partial charge in [0.2, 0.25) is 0 Å². The molecule has 0 radical (unpaired) electrons. The summed E-state index contributed by atoms with van der Waals surface area (Å²) in [6.45, 7) is 2.48. The first-order valence-corrected chi connectivity index (χ1v) is 5.72. The lowest BCUT2D eigenvalue weighted by Crippen LogP contribution is -1.93. The van der Waals surface area contributed by atoms with Crippen LogP contribution in [0.5, 0.6) is 5.75 Å². The monoisotopic (exact) mass is 244 g/mol. The molecule has 0 unspecified atom stereocenters. The van der Waals surface area contributed by atoms with Gasteiger partial charge in [-0.15, -0.1) is 0 Å². The van der Waals surface area contributed by atoms with Crippen LogP contribution in [0.3, 0.4) is 0 Å². The van der Waals surface area contributed by atoms with E-state index < -0.39 is 5.82 Å². The predicted octanol–water partition coefficient (Wildman–Crippen LogP) is 3.70. The van der Waals surface area contributed by atoms with Crippen LogP contribution in [0.25, 0.3) is 11.1 Å². The maximum absolute atomic E-state index is 13.1. The van der Waals surface area contributed by atoms with Crippen LogP contribution in [-0.2, 0) is 0 Å². The van der Waals surface area contributed by atoms with Crippen molar-refractivity contribution < 1.29 is 13.9 Å². The van der Waals surface area contributed by atoms with Crippen LogP contribution in [0.2, 0.25) is 0 Å². The molecular weight excluding hydrogens is 231 g/mol. The lowest BCUT2D eigenvalue weighted by atomic mass is 10.00. The van der Waals surface area contributed by atoms with Crippen LogP contribution in [0.1, 0.15) is 17.3 Å². The molecule has 18 heavy (non-hydrogen) atoms. The molecule has 0 bridgehead atoms. The van der Waals surface area contributed by atoms with Gasteiger partial charge in [0.25, 0.3) is 0 Å². The summed E-state index contributed by atoms with van der Waals surface area (Å²) in [6, 6.07) is 11.6. The minimum Gasteiger partial charge on any atom is -0.494 e. The van der Waals surface area contributed by atoms with Gasteiger partial charge in [-0.05, 0) is 42.3 Å². The zero-order valence-electron chi connectivity index (χ0n) is 10.0. The fraction of sp³-hybridized carbons (Fsp3) is 0.133. The minimum atomic E-state index is -0.415. The highest BCUT2D eigenvalue weighted by molar-refractivity contribution is 5.87. The van der Waals surface area contributed by atoms with E-state index in [4.69, 9.17) is 4.74 Å². The minimum absolute atomic E-state index is 0.337. The van der Waals surface area contributed by atoms with Crippen LogP contribution < -0.4 is 4.74 Å². The lowest BCUT2D eigenvalue weighted by Gasteiger charge is -2.08. The Hall–Kier alpha value is -2.16. The smallest absolute Gasteiger partial charge is 0.150 e. The first-order valence-electron chi connectivity index (χ1n) is 5.72. The van der Waals surface area contributed by atoms with E-state index in [9.17, 15) is 9.18 Å². The number of carbonyl (C=O) groups is 1. The summed E-state index contributed by atoms with van der Waals surface area (Å²) in [6.07, 6.45) is 0.658. The molecule has 0 aliphatic carbocycles. The van der Waals surface area contributed by atoms with E-state index >= 15 is 0 Å². The summed E-state index contributed by atoms with van der Waals surface area (Å²) < 4.78 is 18.5. The van der Waals surface area contributed by atoms with Crippen molar-refractivity contribution in [2.24, 2.45) is 0 Å². The SMILES string of the molecule is CCOc1cccc(-c2ccc(F)cc2C=O)c1. The third-order valence-electron chi connectivity index (χ3n) is 2.60. The summed E-state index contributed by atoms with van der Waals surface area (Å²) in [4.78, 5) is 11.0. The largest absolute Gasteiger partial charge is 0.494 e. The average Bonchev–Trinajstić information content (AvgIpc) is 2.39. The molecule has 0 N–H and O–H groups in total. The summed E-state index contributed by atoms with van der Waals surface area (Å²) in [5.41, 5.74) is 1.87. The number of carbonyl (C=O) groups excluding carboxylic acids is 1. The van der Waals surface area contributed by atoms with E-state index in [-0.39, 0.29) is 0 Å².